The zero-order valence-corrected chi connectivity index (χ0v) is 12.7. The van der Waals surface area contributed by atoms with Crippen molar-refractivity contribution in [2.75, 3.05) is 12.3 Å². The van der Waals surface area contributed by atoms with Crippen LogP contribution in [-0.2, 0) is 20.4 Å². The molecule has 112 valence electrons. The topological polar surface area (TPSA) is 71.8 Å². The average Bonchev–Trinajstić information content (AvgIpc) is 2.94. The van der Waals surface area contributed by atoms with Gasteiger partial charge in [-0.15, -0.1) is 0 Å². The predicted molar refractivity (Wildman–Crippen MR) is 78.4 cm³/mol. The van der Waals surface area contributed by atoms with E-state index < -0.39 is 9.05 Å². The van der Waals surface area contributed by atoms with Gasteiger partial charge in [0.2, 0.25) is 15.0 Å². The van der Waals surface area contributed by atoms with Crippen LogP contribution in [0.1, 0.15) is 12.0 Å². The summed E-state index contributed by atoms with van der Waals surface area (Å²) in [6.07, 6.45) is 5.70. The van der Waals surface area contributed by atoms with E-state index in [1.807, 2.05) is 28.9 Å². The smallest absolute Gasteiger partial charge is 0.232 e. The van der Waals surface area contributed by atoms with Crippen molar-refractivity contribution in [3.63, 3.8) is 0 Å². The van der Waals surface area contributed by atoms with Crippen molar-refractivity contribution in [1.82, 2.24) is 14.3 Å². The maximum Gasteiger partial charge on any atom is 0.232 e. The molecule has 0 radical (unpaired) electrons. The van der Waals surface area contributed by atoms with Gasteiger partial charge in [-0.25, -0.2) is 13.4 Å². The molecule has 1 saturated heterocycles. The van der Waals surface area contributed by atoms with Crippen molar-refractivity contribution in [1.29, 1.82) is 0 Å². The molecule has 0 saturated carbocycles. The number of fused-ring (bicyclic) bond motifs is 1. The third kappa shape index (κ3) is 3.36. The van der Waals surface area contributed by atoms with Gasteiger partial charge in [0.05, 0.1) is 5.75 Å². The first kappa shape index (κ1) is 14.3. The Morgan fingerprint density at radius 1 is 1.38 bits per heavy atom. The normalized spacial score (nSPS) is 19.6. The molecule has 8 heteroatoms. The third-order valence-electron chi connectivity index (χ3n) is 3.55. The van der Waals surface area contributed by atoms with Crippen molar-refractivity contribution in [2.45, 2.75) is 13.0 Å². The summed E-state index contributed by atoms with van der Waals surface area (Å²) in [5, 5.41) is 0. The summed E-state index contributed by atoms with van der Waals surface area (Å²) >= 11 is 0. The Morgan fingerprint density at radius 3 is 2.95 bits per heavy atom. The van der Waals surface area contributed by atoms with Crippen LogP contribution in [0.5, 0.6) is 0 Å². The lowest BCUT2D eigenvalue weighted by atomic mass is 10.1. The van der Waals surface area contributed by atoms with Crippen LogP contribution >= 0.6 is 10.7 Å². The second-order valence-electron chi connectivity index (χ2n) is 5.28. The summed E-state index contributed by atoms with van der Waals surface area (Å²) in [4.78, 5) is 17.8. The molecule has 21 heavy (non-hydrogen) atoms. The number of halogens is 1. The number of carbonyl (C=O) groups excluding carboxylic acids is 1. The fourth-order valence-electron chi connectivity index (χ4n) is 2.68. The highest BCUT2D eigenvalue weighted by Gasteiger charge is 2.32. The van der Waals surface area contributed by atoms with Gasteiger partial charge >= 0.3 is 0 Å². The molecule has 2 aromatic rings. The van der Waals surface area contributed by atoms with Crippen LogP contribution < -0.4 is 0 Å². The van der Waals surface area contributed by atoms with Crippen molar-refractivity contribution < 1.29 is 13.2 Å². The SMILES string of the molecule is O=C1CC(CS(=O)(=O)Cl)CN1Cc1ccc2nccn2c1. The molecule has 0 aromatic carbocycles. The highest BCUT2D eigenvalue weighted by molar-refractivity contribution is 8.13. The first-order valence-electron chi connectivity index (χ1n) is 6.52. The third-order valence-corrected chi connectivity index (χ3v) is 4.80. The van der Waals surface area contributed by atoms with Gasteiger partial charge in [0.1, 0.15) is 5.65 Å². The van der Waals surface area contributed by atoms with Crippen LogP contribution in [0.3, 0.4) is 0 Å². The van der Waals surface area contributed by atoms with E-state index in [4.69, 9.17) is 10.7 Å². The second kappa shape index (κ2) is 5.31. The maximum atomic E-state index is 12.0. The number of hydrogen-bond donors (Lipinski definition) is 0. The average molecular weight is 328 g/mol. The lowest BCUT2D eigenvalue weighted by Crippen LogP contribution is -2.25. The molecular weight excluding hydrogens is 314 g/mol. The number of imidazole rings is 1. The van der Waals surface area contributed by atoms with E-state index in [2.05, 4.69) is 4.98 Å². The van der Waals surface area contributed by atoms with E-state index in [0.29, 0.717) is 13.1 Å². The molecule has 2 aromatic heterocycles. The zero-order chi connectivity index (χ0) is 15.0. The number of aromatic nitrogens is 2. The Bertz CT molecular complexity index is 787. The summed E-state index contributed by atoms with van der Waals surface area (Å²) in [7, 11) is 1.69. The Balaban J connectivity index is 1.71. The molecule has 0 bridgehead atoms. The molecule has 1 aliphatic rings. The first-order chi connectivity index (χ1) is 9.90. The molecule has 0 spiro atoms. The number of carbonyl (C=O) groups is 1. The van der Waals surface area contributed by atoms with E-state index in [1.165, 1.54) is 0 Å². The molecular formula is C13H14ClN3O3S. The number of amides is 1. The van der Waals surface area contributed by atoms with E-state index in [9.17, 15) is 13.2 Å². The van der Waals surface area contributed by atoms with Gasteiger partial charge in [0.15, 0.2) is 0 Å². The van der Waals surface area contributed by atoms with E-state index in [1.54, 1.807) is 11.1 Å². The summed E-state index contributed by atoms with van der Waals surface area (Å²) < 4.78 is 24.1. The Kier molecular flexibility index (Phi) is 3.62. The van der Waals surface area contributed by atoms with Gasteiger partial charge in [-0.1, -0.05) is 6.07 Å². The molecule has 1 aliphatic heterocycles. The van der Waals surface area contributed by atoms with Crippen LogP contribution in [0, 0.1) is 5.92 Å². The number of pyridine rings is 1. The van der Waals surface area contributed by atoms with Gasteiger partial charge < -0.3 is 9.30 Å². The highest BCUT2D eigenvalue weighted by atomic mass is 35.7. The standard InChI is InChI=1S/C13H14ClN3O3S/c14-21(19,20)9-11-5-13(18)17(8-11)7-10-1-2-12-15-3-4-16(12)6-10/h1-4,6,11H,5,7-9H2. The summed E-state index contributed by atoms with van der Waals surface area (Å²) in [6, 6.07) is 3.80. The zero-order valence-electron chi connectivity index (χ0n) is 11.1. The van der Waals surface area contributed by atoms with E-state index in [0.717, 1.165) is 11.2 Å². The van der Waals surface area contributed by atoms with Gasteiger partial charge in [-0.05, 0) is 11.6 Å². The van der Waals surface area contributed by atoms with E-state index >= 15 is 0 Å². The fourth-order valence-corrected chi connectivity index (χ4v) is 4.00. The minimum atomic E-state index is -3.57. The van der Waals surface area contributed by atoms with Gasteiger partial charge in [-0.2, -0.15) is 0 Å². The van der Waals surface area contributed by atoms with Crippen LogP contribution in [0.4, 0.5) is 0 Å². The molecule has 1 unspecified atom stereocenters. The predicted octanol–water partition coefficient (Wildman–Crippen LogP) is 1.25. The number of likely N-dealkylation sites (tertiary alicyclic amines) is 1. The Hall–Kier alpha value is -1.60. The molecule has 1 fully saturated rings. The van der Waals surface area contributed by atoms with E-state index in [-0.39, 0.29) is 24.0 Å². The summed E-state index contributed by atoms with van der Waals surface area (Å²) in [5.41, 5.74) is 1.82. The Labute approximate surface area is 126 Å². The second-order valence-corrected chi connectivity index (χ2v) is 8.10. The summed E-state index contributed by atoms with van der Waals surface area (Å²) in [6.45, 7) is 0.887. The molecule has 1 amide bonds. The van der Waals surface area contributed by atoms with Crippen LogP contribution in [-0.4, -0.2) is 40.9 Å². The van der Waals surface area contributed by atoms with Crippen LogP contribution in [0.25, 0.3) is 5.65 Å². The maximum absolute atomic E-state index is 12.0. The molecule has 6 nitrogen and oxygen atoms in total. The number of rotatable bonds is 4. The summed E-state index contributed by atoms with van der Waals surface area (Å²) in [5.74, 6) is -0.416. The number of hydrogen-bond acceptors (Lipinski definition) is 4. The molecule has 0 aliphatic carbocycles. The number of nitrogens with zero attached hydrogens (tertiary/aromatic N) is 3. The van der Waals surface area contributed by atoms with Crippen molar-refractivity contribution in [2.24, 2.45) is 5.92 Å². The fraction of sp³-hybridized carbons (Fsp3) is 0.385. The first-order valence-corrected chi connectivity index (χ1v) is 9.00. The molecule has 0 N–H and O–H groups in total. The lowest BCUT2D eigenvalue weighted by Gasteiger charge is -2.16. The van der Waals surface area contributed by atoms with Gasteiger partial charge in [-0.3, -0.25) is 4.79 Å². The highest BCUT2D eigenvalue weighted by Crippen LogP contribution is 2.22. The lowest BCUT2D eigenvalue weighted by molar-refractivity contribution is -0.128. The Morgan fingerprint density at radius 2 is 2.19 bits per heavy atom. The van der Waals surface area contributed by atoms with Crippen LogP contribution in [0.15, 0.2) is 30.7 Å². The molecule has 3 rings (SSSR count). The quantitative estimate of drug-likeness (QED) is 0.792. The minimum Gasteiger partial charge on any atom is -0.338 e. The monoisotopic (exact) mass is 327 g/mol. The molecule has 1 atom stereocenters. The van der Waals surface area contributed by atoms with Crippen molar-refractivity contribution >= 4 is 31.3 Å². The van der Waals surface area contributed by atoms with Crippen molar-refractivity contribution in [3.8, 4) is 0 Å². The minimum absolute atomic E-state index is 0.0361. The van der Waals surface area contributed by atoms with Crippen LogP contribution in [0.2, 0.25) is 0 Å². The van der Waals surface area contributed by atoms with Gasteiger partial charge in [0.25, 0.3) is 0 Å². The molecule has 3 heterocycles. The van der Waals surface area contributed by atoms with Crippen molar-refractivity contribution in [3.05, 3.63) is 36.3 Å². The van der Waals surface area contributed by atoms with Gasteiger partial charge in [0, 0.05) is 54.7 Å². The largest absolute Gasteiger partial charge is 0.338 e.